The van der Waals surface area contributed by atoms with Crippen LogP contribution in [0.1, 0.15) is 33.6 Å². The van der Waals surface area contributed by atoms with E-state index in [9.17, 15) is 14.7 Å². The summed E-state index contributed by atoms with van der Waals surface area (Å²) in [7, 11) is 1.86. The summed E-state index contributed by atoms with van der Waals surface area (Å²) in [6, 6.07) is 8.02. The largest absolute Gasteiger partial charge is 0.465 e. The molecule has 0 aliphatic carbocycles. The zero-order valence-corrected chi connectivity index (χ0v) is 17.3. The summed E-state index contributed by atoms with van der Waals surface area (Å²) in [5.41, 5.74) is 0.159. The van der Waals surface area contributed by atoms with Crippen molar-refractivity contribution < 1.29 is 14.7 Å². The summed E-state index contributed by atoms with van der Waals surface area (Å²) in [5.74, 6) is 0.0883. The average Bonchev–Trinajstić information content (AvgIpc) is 2.78. The lowest BCUT2D eigenvalue weighted by molar-refractivity contribution is -0.134. The van der Waals surface area contributed by atoms with Crippen LogP contribution >= 0.6 is 15.9 Å². The van der Waals surface area contributed by atoms with Gasteiger partial charge in [-0.05, 0) is 37.1 Å². The monoisotopic (exact) mass is 423 g/mol. The van der Waals surface area contributed by atoms with Gasteiger partial charge in [-0.3, -0.25) is 4.79 Å². The second kappa shape index (κ2) is 6.44. The maximum Gasteiger partial charge on any atom is 0.407 e. The minimum Gasteiger partial charge on any atom is -0.465 e. The molecule has 1 spiro atoms. The molecule has 1 aromatic carbocycles. The molecule has 1 unspecified atom stereocenters. The zero-order chi connectivity index (χ0) is 19.3. The molecule has 6 nitrogen and oxygen atoms in total. The number of nitrogens with zero attached hydrogens (tertiary/aromatic N) is 3. The Bertz CT molecular complexity index is 706. The van der Waals surface area contributed by atoms with Gasteiger partial charge in [0.15, 0.2) is 0 Å². The number of halogens is 1. The summed E-state index contributed by atoms with van der Waals surface area (Å²) < 4.78 is 0.988. The van der Waals surface area contributed by atoms with Crippen LogP contribution in [-0.2, 0) is 4.79 Å². The van der Waals surface area contributed by atoms with E-state index in [1.165, 1.54) is 4.90 Å². The third kappa shape index (κ3) is 2.96. The highest BCUT2D eigenvalue weighted by atomic mass is 79.9. The molecule has 2 aliphatic heterocycles. The smallest absolute Gasteiger partial charge is 0.407 e. The average molecular weight is 424 g/mol. The molecular formula is C19H26BrN3O3. The number of likely N-dealkylation sites (N-methyl/N-ethyl adjacent to an activating group) is 1. The van der Waals surface area contributed by atoms with Crippen molar-refractivity contribution in [3.63, 3.8) is 0 Å². The lowest BCUT2D eigenvalue weighted by Gasteiger charge is -2.47. The fraction of sp³-hybridized carbons (Fsp3) is 0.579. The van der Waals surface area contributed by atoms with Crippen LogP contribution in [0.25, 0.3) is 0 Å². The predicted molar refractivity (Wildman–Crippen MR) is 104 cm³/mol. The molecule has 3 rings (SSSR count). The maximum absolute atomic E-state index is 13.4. The Labute approximate surface area is 162 Å². The van der Waals surface area contributed by atoms with Crippen LogP contribution in [0.3, 0.4) is 0 Å². The van der Waals surface area contributed by atoms with Crippen LogP contribution in [0.15, 0.2) is 28.7 Å². The SMILES string of the molecule is CN1C(=O)C2(CCN(C(=O)O)CC2)N(c2ccc(Br)cc2)C1C(C)(C)C. The first-order valence-electron chi connectivity index (χ1n) is 8.88. The Hall–Kier alpha value is -1.76. The van der Waals surface area contributed by atoms with Crippen molar-refractivity contribution in [1.29, 1.82) is 0 Å². The maximum atomic E-state index is 13.4. The van der Waals surface area contributed by atoms with Gasteiger partial charge in [0.2, 0.25) is 5.91 Å². The summed E-state index contributed by atoms with van der Waals surface area (Å²) in [4.78, 5) is 30.2. The van der Waals surface area contributed by atoms with Gasteiger partial charge in [-0.15, -0.1) is 0 Å². The van der Waals surface area contributed by atoms with Crippen LogP contribution in [-0.4, -0.2) is 58.7 Å². The molecule has 0 aromatic heterocycles. The number of carbonyl (C=O) groups excluding carboxylic acids is 1. The Kier molecular flexibility index (Phi) is 4.71. The Morgan fingerprint density at radius 2 is 1.73 bits per heavy atom. The van der Waals surface area contributed by atoms with Crippen molar-refractivity contribution in [1.82, 2.24) is 9.80 Å². The van der Waals surface area contributed by atoms with Gasteiger partial charge in [-0.1, -0.05) is 36.7 Å². The molecule has 2 aliphatic rings. The predicted octanol–water partition coefficient (Wildman–Crippen LogP) is 3.61. The lowest BCUT2D eigenvalue weighted by atomic mass is 9.84. The number of carbonyl (C=O) groups is 2. The fourth-order valence-electron chi connectivity index (χ4n) is 4.43. The first kappa shape index (κ1) is 19.0. The Morgan fingerprint density at radius 3 is 2.19 bits per heavy atom. The molecule has 1 aromatic rings. The minimum atomic E-state index is -0.916. The molecular weight excluding hydrogens is 398 g/mol. The third-order valence-corrected chi connectivity index (χ3v) is 6.06. The molecule has 2 saturated heterocycles. The van der Waals surface area contributed by atoms with E-state index in [1.54, 1.807) is 0 Å². The highest BCUT2D eigenvalue weighted by molar-refractivity contribution is 9.10. The quantitative estimate of drug-likeness (QED) is 0.748. The molecule has 1 atom stereocenters. The van der Waals surface area contributed by atoms with Gasteiger partial charge in [0, 0.05) is 35.7 Å². The summed E-state index contributed by atoms with van der Waals surface area (Å²) >= 11 is 3.48. The number of benzene rings is 1. The molecule has 26 heavy (non-hydrogen) atoms. The number of hydrogen-bond donors (Lipinski definition) is 1. The molecule has 142 valence electrons. The van der Waals surface area contributed by atoms with Crippen molar-refractivity contribution in [3.05, 3.63) is 28.7 Å². The second-order valence-electron chi connectivity index (χ2n) is 8.30. The van der Waals surface area contributed by atoms with Crippen molar-refractivity contribution in [2.24, 2.45) is 5.41 Å². The standard InChI is InChI=1S/C19H26BrN3O3/c1-18(2,3)15-21(4)16(24)19(9-11-22(12-10-19)17(25)26)23(15)14-7-5-13(20)6-8-14/h5-8,15H,9-12H2,1-4H3,(H,25,26). The number of rotatable bonds is 1. The molecule has 1 N–H and O–H groups in total. The summed E-state index contributed by atoms with van der Waals surface area (Å²) in [5, 5.41) is 9.29. The first-order valence-corrected chi connectivity index (χ1v) is 9.67. The number of piperidine rings is 1. The van der Waals surface area contributed by atoms with Gasteiger partial charge >= 0.3 is 6.09 Å². The van der Waals surface area contributed by atoms with Crippen molar-refractivity contribution >= 4 is 33.6 Å². The number of carboxylic acid groups (broad SMARTS) is 1. The minimum absolute atomic E-state index is 0.0883. The van der Waals surface area contributed by atoms with Gasteiger partial charge in [0.05, 0.1) is 0 Å². The van der Waals surface area contributed by atoms with E-state index in [0.717, 1.165) is 10.2 Å². The van der Waals surface area contributed by atoms with E-state index in [-0.39, 0.29) is 17.5 Å². The van der Waals surface area contributed by atoms with Crippen LogP contribution in [0.2, 0.25) is 0 Å². The second-order valence-corrected chi connectivity index (χ2v) is 9.22. The Morgan fingerprint density at radius 1 is 1.19 bits per heavy atom. The Balaban J connectivity index is 2.07. The van der Waals surface area contributed by atoms with E-state index < -0.39 is 11.6 Å². The van der Waals surface area contributed by atoms with Crippen molar-refractivity contribution in [2.45, 2.75) is 45.3 Å². The molecule has 7 heteroatoms. The normalized spacial score (nSPS) is 23.0. The van der Waals surface area contributed by atoms with E-state index in [2.05, 4.69) is 41.6 Å². The molecule has 0 saturated carbocycles. The van der Waals surface area contributed by atoms with E-state index in [0.29, 0.717) is 25.9 Å². The lowest BCUT2D eigenvalue weighted by Crippen LogP contribution is -2.59. The van der Waals surface area contributed by atoms with Crippen LogP contribution in [0.5, 0.6) is 0 Å². The van der Waals surface area contributed by atoms with Crippen molar-refractivity contribution in [2.75, 3.05) is 25.0 Å². The van der Waals surface area contributed by atoms with Gasteiger partial charge in [-0.25, -0.2) is 4.79 Å². The van der Waals surface area contributed by atoms with Crippen molar-refractivity contribution in [3.8, 4) is 0 Å². The first-order chi connectivity index (χ1) is 12.1. The highest BCUT2D eigenvalue weighted by Gasteiger charge is 2.59. The molecule has 2 fully saturated rings. The summed E-state index contributed by atoms with van der Waals surface area (Å²) in [6.45, 7) is 7.16. The number of anilines is 1. The third-order valence-electron chi connectivity index (χ3n) is 5.53. The van der Waals surface area contributed by atoms with Crippen LogP contribution in [0.4, 0.5) is 10.5 Å². The molecule has 2 amide bonds. The summed E-state index contributed by atoms with van der Waals surface area (Å²) in [6.07, 6.45) is 0.00438. The van der Waals surface area contributed by atoms with Gasteiger partial charge < -0.3 is 19.8 Å². The van der Waals surface area contributed by atoms with Crippen LogP contribution < -0.4 is 4.90 Å². The number of likely N-dealkylation sites (tertiary alicyclic amines) is 1. The van der Waals surface area contributed by atoms with E-state index >= 15 is 0 Å². The fourth-order valence-corrected chi connectivity index (χ4v) is 4.69. The highest BCUT2D eigenvalue weighted by Crippen LogP contribution is 2.46. The van der Waals surface area contributed by atoms with Crippen LogP contribution in [0, 0.1) is 5.41 Å². The molecule has 2 heterocycles. The van der Waals surface area contributed by atoms with Gasteiger partial charge in [0.25, 0.3) is 0 Å². The number of amides is 2. The van der Waals surface area contributed by atoms with Gasteiger partial charge in [-0.2, -0.15) is 0 Å². The molecule has 0 bridgehead atoms. The van der Waals surface area contributed by atoms with E-state index in [4.69, 9.17) is 0 Å². The van der Waals surface area contributed by atoms with Gasteiger partial charge in [0.1, 0.15) is 11.7 Å². The topological polar surface area (TPSA) is 64.1 Å². The molecule has 0 radical (unpaired) electrons. The zero-order valence-electron chi connectivity index (χ0n) is 15.7. The number of hydrogen-bond acceptors (Lipinski definition) is 3. The van der Waals surface area contributed by atoms with E-state index in [1.807, 2.05) is 36.2 Å².